The molecule has 1 unspecified atom stereocenters. The van der Waals surface area contributed by atoms with Gasteiger partial charge in [0, 0.05) is 10.1 Å². The van der Waals surface area contributed by atoms with Crippen LogP contribution in [-0.2, 0) is 0 Å². The van der Waals surface area contributed by atoms with E-state index >= 15 is 0 Å². The molecule has 0 saturated carbocycles. The fourth-order valence-electron chi connectivity index (χ4n) is 2.07. The van der Waals surface area contributed by atoms with Crippen molar-refractivity contribution in [2.45, 2.75) is 83.9 Å². The van der Waals surface area contributed by atoms with E-state index < -0.39 is 22.3 Å². The molecule has 0 aliphatic rings. The van der Waals surface area contributed by atoms with Crippen molar-refractivity contribution >= 4 is 27.5 Å². The minimum atomic E-state index is -1.90. The van der Waals surface area contributed by atoms with Crippen molar-refractivity contribution in [3.05, 3.63) is 44.7 Å². The Kier molecular flexibility index (Phi) is 6.78. The van der Waals surface area contributed by atoms with E-state index in [0.717, 1.165) is 10.1 Å². The lowest BCUT2D eigenvalue weighted by molar-refractivity contribution is 0.225. The first kappa shape index (κ1) is 22.4. The molecule has 1 aromatic heterocycles. The molecule has 0 spiro atoms. The fraction of sp³-hybridized carbons (Fsp3) is 0.619. The Labute approximate surface area is 161 Å². The zero-order valence-corrected chi connectivity index (χ0v) is 20.6. The third-order valence-electron chi connectivity index (χ3n) is 6.21. The van der Waals surface area contributed by atoms with E-state index in [1.54, 1.807) is 11.3 Å². The molecular weight excluding hydrogens is 356 g/mol. The van der Waals surface area contributed by atoms with Crippen LogP contribution in [0.15, 0.2) is 39.9 Å². The summed E-state index contributed by atoms with van der Waals surface area (Å²) in [6.45, 7) is 23.1. The van der Waals surface area contributed by atoms with Crippen LogP contribution in [0.3, 0.4) is 0 Å². The molecule has 0 fully saturated rings. The number of hydrogen-bond donors (Lipinski definition) is 1. The van der Waals surface area contributed by atoms with E-state index in [4.69, 9.17) is 0 Å². The van der Waals surface area contributed by atoms with Crippen LogP contribution in [0.4, 0.5) is 0 Å². The summed E-state index contributed by atoms with van der Waals surface area (Å²) < 4.78 is 0. The molecule has 1 atom stereocenters. The van der Waals surface area contributed by atoms with E-state index in [9.17, 15) is 5.11 Å². The maximum atomic E-state index is 11.1. The lowest BCUT2D eigenvalue weighted by Gasteiger charge is -2.39. The molecule has 25 heavy (non-hydrogen) atoms. The summed E-state index contributed by atoms with van der Waals surface area (Å²) in [6.07, 6.45) is -0.568. The van der Waals surface area contributed by atoms with Crippen molar-refractivity contribution in [3.8, 4) is 0 Å². The van der Waals surface area contributed by atoms with Crippen LogP contribution in [0.1, 0.15) is 52.5 Å². The average molecular weight is 393 g/mol. The minimum Gasteiger partial charge on any atom is -0.383 e. The van der Waals surface area contributed by atoms with Crippen LogP contribution in [-0.4, -0.2) is 21.3 Å². The maximum absolute atomic E-state index is 11.1. The van der Waals surface area contributed by atoms with Crippen molar-refractivity contribution in [2.75, 3.05) is 0 Å². The maximum Gasteiger partial charge on any atom is 0.114 e. The highest BCUT2D eigenvalue weighted by Gasteiger charge is 2.42. The van der Waals surface area contributed by atoms with Crippen molar-refractivity contribution < 1.29 is 5.11 Å². The smallest absolute Gasteiger partial charge is 0.114 e. The molecule has 1 rings (SSSR count). The Morgan fingerprint density at radius 2 is 1.64 bits per heavy atom. The molecule has 0 radical (unpaired) electrons. The molecule has 0 saturated heterocycles. The minimum absolute atomic E-state index is 0.145. The van der Waals surface area contributed by atoms with E-state index in [1.165, 1.54) is 0 Å². The third-order valence-corrected chi connectivity index (χ3v) is 17.4. The molecule has 1 heterocycles. The Hall–Kier alpha value is -0.606. The summed E-state index contributed by atoms with van der Waals surface area (Å²) in [5.74, 6) is 0. The predicted octanol–water partition coefficient (Wildman–Crippen LogP) is 7.11. The monoisotopic (exact) mass is 392 g/mol. The highest BCUT2D eigenvalue weighted by atomic mass is 32.1. The second-order valence-electron chi connectivity index (χ2n) is 10.1. The van der Waals surface area contributed by atoms with Gasteiger partial charge in [-0.05, 0) is 27.2 Å². The number of aliphatic hydroxyl groups is 1. The molecule has 0 bridgehead atoms. The number of thiophene rings is 1. The molecular formula is C21H36OSSi2. The predicted molar refractivity (Wildman–Crippen MR) is 119 cm³/mol. The average Bonchev–Trinajstić information content (AvgIpc) is 2.94. The SMILES string of the molecule is CC(C)(C)[Si](C)(C)C=C=C=C(C(O)c1cccs1)[Si](C)(C)C(C)(C)C. The van der Waals surface area contributed by atoms with E-state index in [1.807, 2.05) is 17.5 Å². The molecule has 0 amide bonds. The lowest BCUT2D eigenvalue weighted by atomic mass is 10.2. The zero-order chi connectivity index (χ0) is 19.7. The number of rotatable bonds is 4. The van der Waals surface area contributed by atoms with Gasteiger partial charge in [0.25, 0.3) is 0 Å². The summed E-state index contributed by atoms with van der Waals surface area (Å²) in [5.41, 5.74) is 9.08. The van der Waals surface area contributed by atoms with Gasteiger partial charge < -0.3 is 5.11 Å². The van der Waals surface area contributed by atoms with Crippen molar-refractivity contribution in [1.29, 1.82) is 0 Å². The van der Waals surface area contributed by atoms with Gasteiger partial charge in [-0.25, -0.2) is 0 Å². The summed E-state index contributed by atoms with van der Waals surface area (Å²) in [7, 11) is -3.45. The number of hydrogen-bond acceptors (Lipinski definition) is 2. The summed E-state index contributed by atoms with van der Waals surface area (Å²) in [5, 5.41) is 14.6. The van der Waals surface area contributed by atoms with E-state index in [-0.39, 0.29) is 10.1 Å². The first-order chi connectivity index (χ1) is 11.1. The van der Waals surface area contributed by atoms with Crippen LogP contribution in [0, 0.1) is 0 Å². The molecule has 0 aliphatic carbocycles. The quantitative estimate of drug-likeness (QED) is 0.427. The molecule has 140 valence electrons. The van der Waals surface area contributed by atoms with Gasteiger partial charge >= 0.3 is 0 Å². The third kappa shape index (κ3) is 5.20. The lowest BCUT2D eigenvalue weighted by Crippen LogP contribution is -2.41. The normalized spacial score (nSPS) is 14.5. The van der Waals surface area contributed by atoms with Gasteiger partial charge in [-0.15, -0.1) is 11.3 Å². The summed E-state index contributed by atoms with van der Waals surface area (Å²) in [6, 6.07) is 4.02. The van der Waals surface area contributed by atoms with Crippen LogP contribution in [0.25, 0.3) is 0 Å². The van der Waals surface area contributed by atoms with Gasteiger partial charge in [-0.3, -0.25) is 0 Å². The van der Waals surface area contributed by atoms with E-state index in [0.29, 0.717) is 0 Å². The van der Waals surface area contributed by atoms with Gasteiger partial charge in [0.1, 0.15) is 6.10 Å². The van der Waals surface area contributed by atoms with Crippen molar-refractivity contribution in [1.82, 2.24) is 0 Å². The van der Waals surface area contributed by atoms with Crippen LogP contribution in [0.5, 0.6) is 0 Å². The van der Waals surface area contributed by atoms with Gasteiger partial charge in [0.05, 0.1) is 16.1 Å². The number of aliphatic hydroxyl groups excluding tert-OH is 1. The molecule has 0 aromatic carbocycles. The molecule has 4 heteroatoms. The Bertz CT molecular complexity index is 672. The first-order valence-corrected chi connectivity index (χ1v) is 16.0. The van der Waals surface area contributed by atoms with Crippen LogP contribution >= 0.6 is 11.3 Å². The summed E-state index contributed by atoms with van der Waals surface area (Å²) >= 11 is 1.61. The molecule has 0 aliphatic heterocycles. The van der Waals surface area contributed by atoms with E-state index in [2.05, 4.69) is 84.9 Å². The zero-order valence-electron chi connectivity index (χ0n) is 17.7. The molecule has 1 N–H and O–H groups in total. The first-order valence-electron chi connectivity index (χ1n) is 9.06. The molecule has 1 nitrogen and oxygen atoms in total. The van der Waals surface area contributed by atoms with Gasteiger partial charge in [-0.1, -0.05) is 85.3 Å². The standard InChI is InChI=1S/C21H36OSSi2/c1-20(2,3)24(7,8)16-12-14-18(25(9,10)21(4,5)6)19(22)17-13-11-15-23-17/h11,13,15-16,19,22H,1-10H3. The largest absolute Gasteiger partial charge is 0.383 e. The molecule has 1 aromatic rings. The highest BCUT2D eigenvalue weighted by molar-refractivity contribution is 7.10. The second-order valence-corrected chi connectivity index (χ2v) is 21.6. The van der Waals surface area contributed by atoms with Crippen LogP contribution < -0.4 is 0 Å². The Morgan fingerprint density at radius 1 is 1.08 bits per heavy atom. The highest BCUT2D eigenvalue weighted by Crippen LogP contribution is 2.44. The van der Waals surface area contributed by atoms with Crippen molar-refractivity contribution in [2.24, 2.45) is 0 Å². The fourth-order valence-corrected chi connectivity index (χ4v) is 5.79. The summed E-state index contributed by atoms with van der Waals surface area (Å²) in [4.78, 5) is 1.00. The Morgan fingerprint density at radius 3 is 2.04 bits per heavy atom. The second kappa shape index (κ2) is 7.56. The van der Waals surface area contributed by atoms with Gasteiger partial charge in [0.2, 0.25) is 0 Å². The van der Waals surface area contributed by atoms with Crippen molar-refractivity contribution in [3.63, 3.8) is 0 Å². The van der Waals surface area contributed by atoms with Crippen LogP contribution in [0.2, 0.25) is 36.3 Å². The Balaban J connectivity index is 3.55. The topological polar surface area (TPSA) is 20.2 Å². The van der Waals surface area contributed by atoms with Gasteiger partial charge in [0.15, 0.2) is 0 Å². The van der Waals surface area contributed by atoms with Gasteiger partial charge in [-0.2, -0.15) is 0 Å².